The quantitative estimate of drug-likeness (QED) is 0.928. The van der Waals surface area contributed by atoms with Crippen LogP contribution >= 0.6 is 15.9 Å². The van der Waals surface area contributed by atoms with Crippen molar-refractivity contribution in [2.45, 2.75) is 11.6 Å². The summed E-state index contributed by atoms with van der Waals surface area (Å²) in [5.74, 6) is 0. The normalized spacial score (nSPS) is 11.6. The fraction of sp³-hybridized carbons (Fsp3) is 0.100. The van der Waals surface area contributed by atoms with E-state index in [1.54, 1.807) is 4.57 Å². The van der Waals surface area contributed by atoms with Crippen molar-refractivity contribution in [3.8, 4) is 0 Å². The van der Waals surface area contributed by atoms with Crippen LogP contribution in [0.3, 0.4) is 0 Å². The van der Waals surface area contributed by atoms with Gasteiger partial charge in [-0.3, -0.25) is 0 Å². The summed E-state index contributed by atoms with van der Waals surface area (Å²) in [6, 6.07) is 7.70. The lowest BCUT2D eigenvalue weighted by Crippen LogP contribution is -2.12. The number of imidazole rings is 1. The lowest BCUT2D eigenvalue weighted by molar-refractivity contribution is 0.594. The number of primary sulfonamides is 1. The van der Waals surface area contributed by atoms with Gasteiger partial charge in [0.15, 0.2) is 5.03 Å². The van der Waals surface area contributed by atoms with Crippen LogP contribution < -0.4 is 5.14 Å². The van der Waals surface area contributed by atoms with Crippen molar-refractivity contribution < 1.29 is 8.42 Å². The number of rotatable bonds is 3. The van der Waals surface area contributed by atoms with Crippen molar-refractivity contribution in [3.63, 3.8) is 0 Å². The lowest BCUT2D eigenvalue weighted by atomic mass is 10.2. The van der Waals surface area contributed by atoms with Gasteiger partial charge in [-0.2, -0.15) is 0 Å². The van der Waals surface area contributed by atoms with Gasteiger partial charge in [0, 0.05) is 17.2 Å². The zero-order valence-electron chi connectivity index (χ0n) is 8.75. The van der Waals surface area contributed by atoms with Gasteiger partial charge in [0.05, 0.1) is 6.33 Å². The zero-order chi connectivity index (χ0) is 12.5. The maximum absolute atomic E-state index is 11.1. The van der Waals surface area contributed by atoms with Crippen LogP contribution in [0.25, 0.3) is 0 Å². The van der Waals surface area contributed by atoms with E-state index in [4.69, 9.17) is 5.14 Å². The Bertz CT molecular complexity index is 637. The fourth-order valence-corrected chi connectivity index (χ4v) is 2.28. The fourth-order valence-electron chi connectivity index (χ4n) is 1.40. The van der Waals surface area contributed by atoms with Crippen molar-refractivity contribution in [1.29, 1.82) is 0 Å². The highest BCUT2D eigenvalue weighted by molar-refractivity contribution is 9.10. The van der Waals surface area contributed by atoms with E-state index in [-0.39, 0.29) is 5.03 Å². The molecule has 0 amide bonds. The monoisotopic (exact) mass is 315 g/mol. The van der Waals surface area contributed by atoms with Crippen molar-refractivity contribution in [2.75, 3.05) is 0 Å². The number of hydrogen-bond donors (Lipinski definition) is 1. The van der Waals surface area contributed by atoms with Crippen molar-refractivity contribution in [3.05, 3.63) is 46.8 Å². The second kappa shape index (κ2) is 4.59. The van der Waals surface area contributed by atoms with Gasteiger partial charge in [0.2, 0.25) is 0 Å². The van der Waals surface area contributed by atoms with Crippen LogP contribution in [0.15, 0.2) is 46.3 Å². The average Bonchev–Trinajstić information content (AvgIpc) is 2.69. The number of halogens is 1. The number of sulfonamides is 1. The average molecular weight is 316 g/mol. The summed E-state index contributed by atoms with van der Waals surface area (Å²) in [4.78, 5) is 3.75. The molecule has 1 heterocycles. The van der Waals surface area contributed by atoms with Gasteiger partial charge >= 0.3 is 0 Å². The molecule has 90 valence electrons. The topological polar surface area (TPSA) is 78.0 Å². The first-order valence-corrected chi connectivity index (χ1v) is 7.09. The standard InChI is InChI=1S/C10H10BrN3O2S/c11-9-4-2-1-3-8(9)5-14-6-10(13-7-14)17(12,15)16/h1-4,6-7H,5H2,(H2,12,15,16). The Morgan fingerprint density at radius 3 is 2.65 bits per heavy atom. The molecule has 0 fully saturated rings. The molecule has 2 aromatic rings. The Labute approximate surface area is 107 Å². The van der Waals surface area contributed by atoms with Gasteiger partial charge in [0.1, 0.15) is 0 Å². The van der Waals surface area contributed by atoms with E-state index in [1.807, 2.05) is 24.3 Å². The van der Waals surface area contributed by atoms with Crippen LogP contribution in [0, 0.1) is 0 Å². The van der Waals surface area contributed by atoms with E-state index in [2.05, 4.69) is 20.9 Å². The number of nitrogens with zero attached hydrogens (tertiary/aromatic N) is 2. The molecule has 0 unspecified atom stereocenters. The predicted octanol–water partition coefficient (Wildman–Crippen LogP) is 1.34. The van der Waals surface area contributed by atoms with Crippen LogP contribution in [-0.2, 0) is 16.6 Å². The Balaban J connectivity index is 2.26. The van der Waals surface area contributed by atoms with Crippen LogP contribution in [0.2, 0.25) is 0 Å². The van der Waals surface area contributed by atoms with E-state index in [0.717, 1.165) is 10.0 Å². The third-order valence-corrected chi connectivity index (χ3v) is 3.78. The Kier molecular flexibility index (Phi) is 3.32. The SMILES string of the molecule is NS(=O)(=O)c1cn(Cc2ccccc2Br)cn1. The summed E-state index contributed by atoms with van der Waals surface area (Å²) in [6.07, 6.45) is 2.86. The molecule has 0 bridgehead atoms. The highest BCUT2D eigenvalue weighted by atomic mass is 79.9. The summed E-state index contributed by atoms with van der Waals surface area (Å²) in [5.41, 5.74) is 1.03. The Morgan fingerprint density at radius 1 is 1.35 bits per heavy atom. The van der Waals surface area contributed by atoms with E-state index >= 15 is 0 Å². The smallest absolute Gasteiger partial charge is 0.257 e. The molecule has 1 aromatic carbocycles. The molecule has 0 aliphatic rings. The molecular weight excluding hydrogens is 306 g/mol. The number of nitrogens with two attached hydrogens (primary N) is 1. The predicted molar refractivity (Wildman–Crippen MR) is 66.8 cm³/mol. The summed E-state index contributed by atoms with van der Waals surface area (Å²) < 4.78 is 24.7. The Hall–Kier alpha value is -1.18. The van der Waals surface area contributed by atoms with Gasteiger partial charge in [-0.15, -0.1) is 0 Å². The summed E-state index contributed by atoms with van der Waals surface area (Å²) >= 11 is 3.42. The molecule has 7 heteroatoms. The van der Waals surface area contributed by atoms with E-state index in [9.17, 15) is 8.42 Å². The van der Waals surface area contributed by atoms with Gasteiger partial charge in [-0.05, 0) is 11.6 Å². The molecule has 0 radical (unpaired) electrons. The van der Waals surface area contributed by atoms with Crippen molar-refractivity contribution in [1.82, 2.24) is 9.55 Å². The molecule has 17 heavy (non-hydrogen) atoms. The lowest BCUT2D eigenvalue weighted by Gasteiger charge is -2.04. The molecule has 0 atom stereocenters. The molecule has 0 saturated heterocycles. The zero-order valence-corrected chi connectivity index (χ0v) is 11.1. The number of benzene rings is 1. The Morgan fingerprint density at radius 2 is 2.06 bits per heavy atom. The second-order valence-corrected chi connectivity index (χ2v) is 5.88. The van der Waals surface area contributed by atoms with Crippen LogP contribution in [-0.4, -0.2) is 18.0 Å². The van der Waals surface area contributed by atoms with Crippen molar-refractivity contribution >= 4 is 26.0 Å². The minimum atomic E-state index is -3.73. The first-order chi connectivity index (χ1) is 7.97. The molecular formula is C10H10BrN3O2S. The largest absolute Gasteiger partial charge is 0.332 e. The molecule has 2 N–H and O–H groups in total. The van der Waals surface area contributed by atoms with Gasteiger partial charge in [-0.25, -0.2) is 18.5 Å². The summed E-state index contributed by atoms with van der Waals surface area (Å²) in [6.45, 7) is 0.532. The number of aromatic nitrogens is 2. The number of hydrogen-bond acceptors (Lipinski definition) is 3. The van der Waals surface area contributed by atoms with E-state index in [0.29, 0.717) is 6.54 Å². The molecule has 0 spiro atoms. The van der Waals surface area contributed by atoms with E-state index in [1.165, 1.54) is 12.5 Å². The molecule has 2 rings (SSSR count). The summed E-state index contributed by atoms with van der Waals surface area (Å²) in [7, 11) is -3.73. The summed E-state index contributed by atoms with van der Waals surface area (Å²) in [5, 5.41) is 4.86. The molecule has 0 aliphatic heterocycles. The van der Waals surface area contributed by atoms with Gasteiger partial charge in [0.25, 0.3) is 10.0 Å². The first kappa shape index (κ1) is 12.3. The van der Waals surface area contributed by atoms with Gasteiger partial charge in [-0.1, -0.05) is 34.1 Å². The molecule has 0 aliphatic carbocycles. The maximum Gasteiger partial charge on any atom is 0.257 e. The third kappa shape index (κ3) is 2.93. The van der Waals surface area contributed by atoms with Gasteiger partial charge < -0.3 is 4.57 Å². The molecule has 0 saturated carbocycles. The van der Waals surface area contributed by atoms with Crippen LogP contribution in [0.1, 0.15) is 5.56 Å². The maximum atomic E-state index is 11.1. The first-order valence-electron chi connectivity index (χ1n) is 4.75. The highest BCUT2D eigenvalue weighted by Gasteiger charge is 2.11. The molecule has 5 nitrogen and oxygen atoms in total. The second-order valence-electron chi connectivity index (χ2n) is 3.52. The van der Waals surface area contributed by atoms with Crippen molar-refractivity contribution in [2.24, 2.45) is 5.14 Å². The molecule has 1 aromatic heterocycles. The minimum absolute atomic E-state index is 0.121. The van der Waals surface area contributed by atoms with E-state index < -0.39 is 10.0 Å². The van der Waals surface area contributed by atoms with Crippen LogP contribution in [0.5, 0.6) is 0 Å². The third-order valence-electron chi connectivity index (χ3n) is 2.21. The van der Waals surface area contributed by atoms with Crippen LogP contribution in [0.4, 0.5) is 0 Å². The highest BCUT2D eigenvalue weighted by Crippen LogP contribution is 2.17. The minimum Gasteiger partial charge on any atom is -0.332 e.